The van der Waals surface area contributed by atoms with Crippen molar-refractivity contribution in [3.63, 3.8) is 0 Å². The van der Waals surface area contributed by atoms with Gasteiger partial charge in [-0.2, -0.15) is 0 Å². The zero-order valence-electron chi connectivity index (χ0n) is 14.4. The molecule has 0 bridgehead atoms. The van der Waals surface area contributed by atoms with Crippen LogP contribution in [-0.4, -0.2) is 36.6 Å². The van der Waals surface area contributed by atoms with E-state index in [4.69, 9.17) is 0 Å². The van der Waals surface area contributed by atoms with Crippen molar-refractivity contribution in [2.75, 3.05) is 13.6 Å². The van der Waals surface area contributed by atoms with Crippen molar-refractivity contribution in [3.8, 4) is 0 Å². The molecule has 0 aromatic heterocycles. The standard InChI is InChI=1S/C18H36N2/c1-6-19-16-11-12-18(3,4)13-17(16)20(5)15-9-7-14(2)8-10-15/h14-17,19H,6-13H2,1-5H3. The van der Waals surface area contributed by atoms with Crippen molar-refractivity contribution in [3.05, 3.63) is 0 Å². The van der Waals surface area contributed by atoms with Crippen LogP contribution in [0.15, 0.2) is 0 Å². The molecule has 2 saturated carbocycles. The smallest absolute Gasteiger partial charge is 0.0254 e. The van der Waals surface area contributed by atoms with Gasteiger partial charge in [-0.3, -0.25) is 4.90 Å². The molecule has 0 aliphatic heterocycles. The highest BCUT2D eigenvalue weighted by Gasteiger charge is 2.38. The molecule has 2 unspecified atom stereocenters. The van der Waals surface area contributed by atoms with Gasteiger partial charge in [-0.15, -0.1) is 0 Å². The van der Waals surface area contributed by atoms with E-state index in [1.807, 2.05) is 0 Å². The zero-order chi connectivity index (χ0) is 14.8. The quantitative estimate of drug-likeness (QED) is 0.835. The SMILES string of the molecule is CCNC1CCC(C)(C)CC1N(C)C1CCC(C)CC1. The Labute approximate surface area is 126 Å². The predicted molar refractivity (Wildman–Crippen MR) is 88.1 cm³/mol. The highest BCUT2D eigenvalue weighted by molar-refractivity contribution is 4.95. The number of likely N-dealkylation sites (N-methyl/N-ethyl adjacent to an activating group) is 2. The summed E-state index contributed by atoms with van der Waals surface area (Å²) in [6, 6.07) is 2.26. The number of hydrogen-bond acceptors (Lipinski definition) is 2. The third-order valence-corrected chi connectivity index (χ3v) is 5.91. The van der Waals surface area contributed by atoms with E-state index < -0.39 is 0 Å². The number of hydrogen-bond donors (Lipinski definition) is 1. The van der Waals surface area contributed by atoms with Gasteiger partial charge in [0.2, 0.25) is 0 Å². The van der Waals surface area contributed by atoms with E-state index in [-0.39, 0.29) is 0 Å². The van der Waals surface area contributed by atoms with E-state index in [2.05, 4.69) is 45.0 Å². The summed E-state index contributed by atoms with van der Waals surface area (Å²) in [5.41, 5.74) is 0.521. The maximum Gasteiger partial charge on any atom is 0.0254 e. The van der Waals surface area contributed by atoms with E-state index in [1.54, 1.807) is 0 Å². The molecule has 0 aromatic carbocycles. The Balaban J connectivity index is 2.01. The van der Waals surface area contributed by atoms with Gasteiger partial charge in [0.1, 0.15) is 0 Å². The summed E-state index contributed by atoms with van der Waals surface area (Å²) in [7, 11) is 2.40. The molecule has 0 radical (unpaired) electrons. The Kier molecular flexibility index (Phi) is 5.53. The minimum atomic E-state index is 0.521. The monoisotopic (exact) mass is 280 g/mol. The Bertz CT molecular complexity index is 292. The molecule has 0 amide bonds. The van der Waals surface area contributed by atoms with Gasteiger partial charge in [0, 0.05) is 18.1 Å². The van der Waals surface area contributed by atoms with Crippen LogP contribution < -0.4 is 5.32 Å². The van der Waals surface area contributed by atoms with E-state index in [1.165, 1.54) is 44.9 Å². The molecule has 2 atom stereocenters. The highest BCUT2D eigenvalue weighted by atomic mass is 15.2. The lowest BCUT2D eigenvalue weighted by molar-refractivity contribution is 0.0389. The summed E-state index contributed by atoms with van der Waals surface area (Å²) in [5.74, 6) is 0.951. The van der Waals surface area contributed by atoms with Crippen LogP contribution in [0.3, 0.4) is 0 Å². The van der Waals surface area contributed by atoms with Crippen molar-refractivity contribution < 1.29 is 0 Å². The predicted octanol–water partition coefficient (Wildman–Crippen LogP) is 4.05. The summed E-state index contributed by atoms with van der Waals surface area (Å²) in [6.45, 7) is 10.7. The number of nitrogens with zero attached hydrogens (tertiary/aromatic N) is 1. The molecule has 0 heterocycles. The number of nitrogens with one attached hydrogen (secondary N) is 1. The Morgan fingerprint density at radius 1 is 1.10 bits per heavy atom. The first-order valence-corrected chi connectivity index (χ1v) is 8.88. The average molecular weight is 281 g/mol. The van der Waals surface area contributed by atoms with Gasteiger partial charge in [-0.1, -0.05) is 27.7 Å². The highest BCUT2D eigenvalue weighted by Crippen LogP contribution is 2.39. The molecule has 0 aromatic rings. The summed E-state index contributed by atoms with van der Waals surface area (Å²) < 4.78 is 0. The Morgan fingerprint density at radius 2 is 1.75 bits per heavy atom. The van der Waals surface area contributed by atoms with Gasteiger partial charge in [0.25, 0.3) is 0 Å². The van der Waals surface area contributed by atoms with Crippen molar-refractivity contribution in [1.82, 2.24) is 10.2 Å². The molecular weight excluding hydrogens is 244 g/mol. The molecule has 0 saturated heterocycles. The molecule has 118 valence electrons. The Morgan fingerprint density at radius 3 is 2.35 bits per heavy atom. The number of rotatable bonds is 4. The van der Waals surface area contributed by atoms with E-state index in [0.29, 0.717) is 11.5 Å². The van der Waals surface area contributed by atoms with Gasteiger partial charge in [0.05, 0.1) is 0 Å². The van der Waals surface area contributed by atoms with E-state index in [0.717, 1.165) is 24.5 Å². The molecule has 2 aliphatic carbocycles. The molecular formula is C18H36N2. The van der Waals surface area contributed by atoms with Crippen LogP contribution in [-0.2, 0) is 0 Å². The van der Waals surface area contributed by atoms with Crippen LogP contribution in [0.4, 0.5) is 0 Å². The second-order valence-electron chi connectivity index (χ2n) is 8.22. The normalized spacial score (nSPS) is 38.1. The maximum atomic E-state index is 3.76. The van der Waals surface area contributed by atoms with Crippen molar-refractivity contribution >= 4 is 0 Å². The van der Waals surface area contributed by atoms with Crippen molar-refractivity contribution in [2.45, 2.75) is 90.8 Å². The molecule has 20 heavy (non-hydrogen) atoms. The topological polar surface area (TPSA) is 15.3 Å². The minimum absolute atomic E-state index is 0.521. The second kappa shape index (κ2) is 6.79. The molecule has 1 N–H and O–H groups in total. The maximum absolute atomic E-state index is 3.76. The second-order valence-corrected chi connectivity index (χ2v) is 8.22. The summed E-state index contributed by atoms with van der Waals surface area (Å²) in [6.07, 6.45) is 9.75. The lowest BCUT2D eigenvalue weighted by Gasteiger charge is -2.48. The van der Waals surface area contributed by atoms with Gasteiger partial charge in [-0.05, 0) is 69.9 Å². The van der Waals surface area contributed by atoms with Gasteiger partial charge >= 0.3 is 0 Å². The van der Waals surface area contributed by atoms with Crippen LogP contribution in [0.25, 0.3) is 0 Å². The molecule has 0 spiro atoms. The third-order valence-electron chi connectivity index (χ3n) is 5.91. The summed E-state index contributed by atoms with van der Waals surface area (Å²) >= 11 is 0. The average Bonchev–Trinajstić information content (AvgIpc) is 2.41. The first kappa shape index (κ1) is 16.3. The first-order valence-electron chi connectivity index (χ1n) is 8.88. The fourth-order valence-electron chi connectivity index (χ4n) is 4.40. The fourth-order valence-corrected chi connectivity index (χ4v) is 4.40. The summed E-state index contributed by atoms with van der Waals surface area (Å²) in [4.78, 5) is 2.75. The lowest BCUT2D eigenvalue weighted by atomic mass is 9.71. The zero-order valence-corrected chi connectivity index (χ0v) is 14.4. The van der Waals surface area contributed by atoms with E-state index in [9.17, 15) is 0 Å². The third kappa shape index (κ3) is 3.98. The van der Waals surface area contributed by atoms with E-state index >= 15 is 0 Å². The van der Waals surface area contributed by atoms with Crippen LogP contribution in [0.5, 0.6) is 0 Å². The van der Waals surface area contributed by atoms with Gasteiger partial charge in [-0.25, -0.2) is 0 Å². The Hall–Kier alpha value is -0.0800. The van der Waals surface area contributed by atoms with Gasteiger partial charge < -0.3 is 5.32 Å². The van der Waals surface area contributed by atoms with Crippen LogP contribution >= 0.6 is 0 Å². The molecule has 2 rings (SSSR count). The molecule has 2 fully saturated rings. The molecule has 2 nitrogen and oxygen atoms in total. The van der Waals surface area contributed by atoms with Crippen molar-refractivity contribution in [1.29, 1.82) is 0 Å². The largest absolute Gasteiger partial charge is 0.313 e. The molecule has 2 heteroatoms. The van der Waals surface area contributed by atoms with Gasteiger partial charge in [0.15, 0.2) is 0 Å². The minimum Gasteiger partial charge on any atom is -0.313 e. The van der Waals surface area contributed by atoms with Crippen molar-refractivity contribution in [2.24, 2.45) is 11.3 Å². The fraction of sp³-hybridized carbons (Fsp3) is 1.00. The van der Waals surface area contributed by atoms with Crippen LogP contribution in [0, 0.1) is 11.3 Å². The lowest BCUT2D eigenvalue weighted by Crippen LogP contribution is -2.56. The summed E-state index contributed by atoms with van der Waals surface area (Å²) in [5, 5.41) is 3.76. The van der Waals surface area contributed by atoms with Crippen LogP contribution in [0.2, 0.25) is 0 Å². The van der Waals surface area contributed by atoms with Crippen LogP contribution in [0.1, 0.15) is 72.6 Å². The first-order chi connectivity index (χ1) is 9.43. The molecule has 2 aliphatic rings.